The van der Waals surface area contributed by atoms with E-state index < -0.39 is 51.7 Å². The largest absolute Gasteiger partial charge is 0.504 e. The van der Waals surface area contributed by atoms with Gasteiger partial charge >= 0.3 is 6.18 Å². The van der Waals surface area contributed by atoms with Crippen LogP contribution < -0.4 is 10.9 Å². The molecule has 35 heavy (non-hydrogen) atoms. The minimum Gasteiger partial charge on any atom is -0.504 e. The first-order valence-corrected chi connectivity index (χ1v) is 10.4. The molecule has 2 N–H and O–H groups in total. The van der Waals surface area contributed by atoms with Gasteiger partial charge < -0.3 is 10.4 Å². The van der Waals surface area contributed by atoms with Crippen molar-refractivity contribution in [2.45, 2.75) is 19.1 Å². The summed E-state index contributed by atoms with van der Waals surface area (Å²) in [6, 6.07) is 10.2. The number of hydrogen-bond donors (Lipinski definition) is 2. The molecule has 180 valence electrons. The van der Waals surface area contributed by atoms with Crippen molar-refractivity contribution in [1.29, 1.82) is 0 Å². The predicted molar refractivity (Wildman–Crippen MR) is 120 cm³/mol. The van der Waals surface area contributed by atoms with E-state index in [2.05, 4.69) is 15.3 Å². The lowest BCUT2D eigenvalue weighted by molar-refractivity contribution is -0.142. The third kappa shape index (κ3) is 4.67. The summed E-state index contributed by atoms with van der Waals surface area (Å²) in [6.45, 7) is 1.66. The molecule has 1 amide bonds. The highest BCUT2D eigenvalue weighted by Crippen LogP contribution is 2.38. The monoisotopic (exact) mass is 506 g/mol. The van der Waals surface area contributed by atoms with Crippen LogP contribution in [-0.4, -0.2) is 25.5 Å². The van der Waals surface area contributed by atoms with Crippen molar-refractivity contribution in [3.63, 3.8) is 0 Å². The Morgan fingerprint density at radius 2 is 1.89 bits per heavy atom. The molecule has 0 aliphatic heterocycles. The van der Waals surface area contributed by atoms with Gasteiger partial charge in [-0.2, -0.15) is 13.2 Å². The Hall–Kier alpha value is -3.99. The lowest BCUT2D eigenvalue weighted by Crippen LogP contribution is -2.26. The van der Waals surface area contributed by atoms with Crippen LogP contribution in [0.25, 0.3) is 10.9 Å². The standard InChI is InChI=1S/C23H15ClF4N4O3/c1-11(12-4-2-5-13(25)8-12)32-10-29-15-6-3-7-16(18(15)22(32)35)31-21(34)17-9-14(24)19(33)20(30-17)23(26,27)28/h2-11,33H,1H3,(H,31,34). The smallest absolute Gasteiger partial charge is 0.437 e. The molecule has 0 spiro atoms. The number of anilines is 1. The fourth-order valence-corrected chi connectivity index (χ4v) is 3.69. The lowest BCUT2D eigenvalue weighted by Gasteiger charge is -2.17. The third-order valence-electron chi connectivity index (χ3n) is 5.26. The molecule has 0 aliphatic rings. The second-order valence-corrected chi connectivity index (χ2v) is 7.93. The molecular weight excluding hydrogens is 492 g/mol. The molecule has 4 aromatic rings. The van der Waals surface area contributed by atoms with Gasteiger partial charge in [-0.05, 0) is 42.8 Å². The molecule has 2 aromatic carbocycles. The number of aromatic hydroxyl groups is 1. The van der Waals surface area contributed by atoms with Crippen LogP contribution in [0, 0.1) is 5.82 Å². The SMILES string of the molecule is CC(c1cccc(F)c1)n1cnc2cccc(NC(=O)c3cc(Cl)c(O)c(C(F)(F)F)n3)c2c1=O. The fraction of sp³-hybridized carbons (Fsp3) is 0.130. The molecule has 0 radical (unpaired) electrons. The summed E-state index contributed by atoms with van der Waals surface area (Å²) in [5.74, 6) is -2.89. The average molecular weight is 507 g/mol. The van der Waals surface area contributed by atoms with Crippen molar-refractivity contribution in [2.75, 3.05) is 5.32 Å². The molecule has 0 fully saturated rings. The van der Waals surface area contributed by atoms with Crippen molar-refractivity contribution < 1.29 is 27.5 Å². The van der Waals surface area contributed by atoms with Crippen LogP contribution in [0.1, 0.15) is 34.7 Å². The van der Waals surface area contributed by atoms with Crippen LogP contribution in [0.3, 0.4) is 0 Å². The van der Waals surface area contributed by atoms with Gasteiger partial charge in [-0.25, -0.2) is 14.4 Å². The maximum atomic E-state index is 13.7. The molecule has 1 unspecified atom stereocenters. The van der Waals surface area contributed by atoms with Crippen LogP contribution in [0.15, 0.2) is 59.7 Å². The molecule has 0 aliphatic carbocycles. The molecule has 1 atom stereocenters. The van der Waals surface area contributed by atoms with Gasteiger partial charge in [0, 0.05) is 0 Å². The van der Waals surface area contributed by atoms with Gasteiger partial charge in [-0.1, -0.05) is 29.8 Å². The number of rotatable bonds is 4. The number of amides is 1. The number of benzene rings is 2. The van der Waals surface area contributed by atoms with Gasteiger partial charge in [0.25, 0.3) is 11.5 Å². The highest BCUT2D eigenvalue weighted by molar-refractivity contribution is 6.32. The van der Waals surface area contributed by atoms with Crippen molar-refractivity contribution in [1.82, 2.24) is 14.5 Å². The maximum Gasteiger partial charge on any atom is 0.437 e. The predicted octanol–water partition coefficient (Wildman–Crippen LogP) is 5.17. The quantitative estimate of drug-likeness (QED) is 0.372. The lowest BCUT2D eigenvalue weighted by atomic mass is 10.1. The zero-order valence-electron chi connectivity index (χ0n) is 17.8. The zero-order valence-corrected chi connectivity index (χ0v) is 18.5. The highest BCUT2D eigenvalue weighted by Gasteiger charge is 2.38. The summed E-state index contributed by atoms with van der Waals surface area (Å²) >= 11 is 5.66. The number of carbonyl (C=O) groups excluding carboxylic acids is 1. The molecule has 2 heterocycles. The first-order chi connectivity index (χ1) is 16.5. The van der Waals surface area contributed by atoms with Gasteiger partial charge in [0.2, 0.25) is 0 Å². The van der Waals surface area contributed by atoms with Crippen molar-refractivity contribution in [2.24, 2.45) is 0 Å². The first-order valence-electron chi connectivity index (χ1n) is 10.0. The Morgan fingerprint density at radius 3 is 2.57 bits per heavy atom. The first kappa shape index (κ1) is 24.1. The summed E-state index contributed by atoms with van der Waals surface area (Å²) in [5.41, 5.74) is -2.35. The van der Waals surface area contributed by atoms with E-state index in [1.165, 1.54) is 47.3 Å². The number of fused-ring (bicyclic) bond motifs is 1. The topological polar surface area (TPSA) is 97.1 Å². The number of aromatic nitrogens is 3. The molecule has 0 saturated heterocycles. The van der Waals surface area contributed by atoms with Gasteiger partial charge in [-0.3, -0.25) is 14.2 Å². The van der Waals surface area contributed by atoms with E-state index in [1.807, 2.05) is 0 Å². The fourth-order valence-electron chi connectivity index (χ4n) is 3.49. The maximum absolute atomic E-state index is 13.7. The van der Waals surface area contributed by atoms with E-state index in [0.29, 0.717) is 5.56 Å². The second-order valence-electron chi connectivity index (χ2n) is 7.53. The number of carbonyl (C=O) groups is 1. The van der Waals surface area contributed by atoms with E-state index in [4.69, 9.17) is 11.6 Å². The van der Waals surface area contributed by atoms with Gasteiger partial charge in [0.15, 0.2) is 11.4 Å². The Morgan fingerprint density at radius 1 is 1.17 bits per heavy atom. The molecule has 0 bridgehead atoms. The number of pyridine rings is 1. The highest BCUT2D eigenvalue weighted by atomic mass is 35.5. The molecule has 0 saturated carbocycles. The number of halogens is 5. The minimum absolute atomic E-state index is 0.0208. The Balaban J connectivity index is 1.77. The summed E-state index contributed by atoms with van der Waals surface area (Å²) in [7, 11) is 0. The molecule has 4 rings (SSSR count). The Bertz CT molecular complexity index is 1520. The van der Waals surface area contributed by atoms with E-state index in [1.54, 1.807) is 13.0 Å². The zero-order chi connectivity index (χ0) is 25.5. The van der Waals surface area contributed by atoms with Crippen LogP contribution >= 0.6 is 11.6 Å². The van der Waals surface area contributed by atoms with Crippen molar-refractivity contribution >= 4 is 34.1 Å². The van der Waals surface area contributed by atoms with E-state index in [-0.39, 0.29) is 16.6 Å². The second kappa shape index (κ2) is 8.99. The Kier molecular flexibility index (Phi) is 6.20. The minimum atomic E-state index is -5.06. The summed E-state index contributed by atoms with van der Waals surface area (Å²) in [4.78, 5) is 33.5. The number of nitrogens with zero attached hydrogens (tertiary/aromatic N) is 3. The van der Waals surface area contributed by atoms with Crippen molar-refractivity contribution in [3.8, 4) is 5.75 Å². The molecule has 12 heteroatoms. The van der Waals surface area contributed by atoms with Gasteiger partial charge in [-0.15, -0.1) is 0 Å². The average Bonchev–Trinajstić information content (AvgIpc) is 2.79. The summed E-state index contributed by atoms with van der Waals surface area (Å²) in [6.07, 6.45) is -3.78. The van der Waals surface area contributed by atoms with Gasteiger partial charge in [0.1, 0.15) is 11.5 Å². The van der Waals surface area contributed by atoms with Crippen LogP contribution in [0.5, 0.6) is 5.75 Å². The normalized spacial score (nSPS) is 12.5. The van der Waals surface area contributed by atoms with E-state index in [0.717, 1.165) is 6.07 Å². The van der Waals surface area contributed by atoms with E-state index in [9.17, 15) is 32.3 Å². The molecule has 2 aromatic heterocycles. The van der Waals surface area contributed by atoms with E-state index >= 15 is 0 Å². The van der Waals surface area contributed by atoms with Crippen LogP contribution in [0.2, 0.25) is 5.02 Å². The molecule has 7 nitrogen and oxygen atoms in total. The summed E-state index contributed by atoms with van der Waals surface area (Å²) < 4.78 is 54.4. The molecular formula is C23H15ClF4N4O3. The number of alkyl halides is 3. The van der Waals surface area contributed by atoms with Crippen LogP contribution in [0.4, 0.5) is 23.2 Å². The van der Waals surface area contributed by atoms with Crippen molar-refractivity contribution in [3.05, 3.63) is 93.0 Å². The Labute approximate surface area is 199 Å². The third-order valence-corrected chi connectivity index (χ3v) is 5.54. The van der Waals surface area contributed by atoms with Gasteiger partial charge in [0.05, 0.1) is 34.0 Å². The van der Waals surface area contributed by atoms with Crippen LogP contribution in [-0.2, 0) is 6.18 Å². The number of nitrogens with one attached hydrogen (secondary N) is 1. The summed E-state index contributed by atoms with van der Waals surface area (Å²) in [5, 5.41) is 11.2. The number of hydrogen-bond acceptors (Lipinski definition) is 5.